The molecule has 0 aliphatic rings. The van der Waals surface area contributed by atoms with Gasteiger partial charge in [-0.15, -0.1) is 0 Å². The molecule has 0 atom stereocenters. The van der Waals surface area contributed by atoms with Crippen LogP contribution in [0.5, 0.6) is 5.75 Å². The van der Waals surface area contributed by atoms with Gasteiger partial charge in [-0.3, -0.25) is 4.79 Å². The van der Waals surface area contributed by atoms with Crippen LogP contribution in [0.4, 0.5) is 5.69 Å². The molecule has 0 saturated heterocycles. The molecule has 2 rings (SSSR count). The van der Waals surface area contributed by atoms with E-state index in [1.165, 1.54) is 12.2 Å². The Labute approximate surface area is 181 Å². The molecule has 0 bridgehead atoms. The Balaban J connectivity index is 0.00000364. The Morgan fingerprint density at radius 1 is 0.926 bits per heavy atom. The first-order chi connectivity index (χ1) is 12.4. The molecule has 0 aliphatic heterocycles. The van der Waals surface area contributed by atoms with Crippen molar-refractivity contribution in [3.05, 3.63) is 71.8 Å². The number of carboxylic acid groups (broad SMARTS) is 1. The molecule has 2 aromatic carbocycles. The molecule has 5 nitrogen and oxygen atoms in total. The third-order valence-corrected chi connectivity index (χ3v) is 3.53. The Morgan fingerprint density at radius 3 is 1.85 bits per heavy atom. The number of benzene rings is 2. The number of carboxylic acids is 1. The number of ketones is 1. The zero-order valence-electron chi connectivity index (χ0n) is 15.7. The fraction of sp³-hybridized carbons (Fsp3) is 0.143. The van der Waals surface area contributed by atoms with E-state index in [9.17, 15) is 14.7 Å². The second-order valence-electron chi connectivity index (χ2n) is 5.78. The minimum atomic E-state index is -1.28. The molecule has 6 heteroatoms. The summed E-state index contributed by atoms with van der Waals surface area (Å²) in [4.78, 5) is 24.3. The number of hydrogen-bond acceptors (Lipinski definition) is 5. The van der Waals surface area contributed by atoms with Gasteiger partial charge in [-0.05, 0) is 47.5 Å². The normalized spacial score (nSPS) is 10.6. The van der Waals surface area contributed by atoms with Gasteiger partial charge < -0.3 is 19.5 Å². The van der Waals surface area contributed by atoms with Crippen LogP contribution in [0.3, 0.4) is 0 Å². The number of allylic oxidation sites excluding steroid dienone is 2. The molecule has 0 saturated carbocycles. The van der Waals surface area contributed by atoms with Crippen LogP contribution in [0.25, 0.3) is 12.2 Å². The largest absolute Gasteiger partial charge is 1.00 e. The first kappa shape index (κ1) is 22.7. The number of carbonyl (C=O) groups is 2. The van der Waals surface area contributed by atoms with E-state index in [4.69, 9.17) is 4.74 Å². The number of anilines is 1. The third-order valence-electron chi connectivity index (χ3n) is 3.53. The van der Waals surface area contributed by atoms with Gasteiger partial charge in [-0.2, -0.15) is 0 Å². The minimum Gasteiger partial charge on any atom is -0.546 e. The molecule has 0 amide bonds. The fourth-order valence-electron chi connectivity index (χ4n) is 2.11. The fourth-order valence-corrected chi connectivity index (χ4v) is 2.11. The van der Waals surface area contributed by atoms with E-state index in [0.717, 1.165) is 16.8 Å². The minimum absolute atomic E-state index is 0. The van der Waals surface area contributed by atoms with Crippen molar-refractivity contribution in [2.75, 3.05) is 25.6 Å². The summed E-state index contributed by atoms with van der Waals surface area (Å²) in [5.74, 6) is -0.972. The van der Waals surface area contributed by atoms with E-state index in [1.54, 1.807) is 36.4 Å². The van der Waals surface area contributed by atoms with Crippen LogP contribution >= 0.6 is 0 Å². The second kappa shape index (κ2) is 11.4. The Morgan fingerprint density at radius 2 is 1.41 bits per heavy atom. The smallest absolute Gasteiger partial charge is 0.546 e. The maximum absolute atomic E-state index is 11.9. The molecule has 0 fully saturated rings. The van der Waals surface area contributed by atoms with Crippen LogP contribution in [0.15, 0.2) is 60.7 Å². The summed E-state index contributed by atoms with van der Waals surface area (Å²) >= 11 is 0. The van der Waals surface area contributed by atoms with Crippen LogP contribution in [-0.2, 0) is 9.59 Å². The Kier molecular flexibility index (Phi) is 9.58. The Bertz CT molecular complexity index is 809. The molecule has 0 aliphatic carbocycles. The van der Waals surface area contributed by atoms with Crippen LogP contribution in [0.1, 0.15) is 11.1 Å². The summed E-state index contributed by atoms with van der Waals surface area (Å²) in [6, 6.07) is 14.6. The zero-order valence-corrected chi connectivity index (χ0v) is 17.7. The van der Waals surface area contributed by atoms with Gasteiger partial charge in [0.15, 0.2) is 5.78 Å². The molecular formula is C21H20NNaO4. The molecular weight excluding hydrogens is 353 g/mol. The van der Waals surface area contributed by atoms with Crippen molar-refractivity contribution in [1.82, 2.24) is 0 Å². The molecule has 0 spiro atoms. The van der Waals surface area contributed by atoms with Crippen LogP contribution in [0, 0.1) is 0 Å². The van der Waals surface area contributed by atoms with Crippen molar-refractivity contribution < 1.29 is 49.0 Å². The number of aliphatic carboxylic acids is 1. The molecule has 27 heavy (non-hydrogen) atoms. The van der Waals surface area contributed by atoms with Gasteiger partial charge in [0, 0.05) is 19.8 Å². The van der Waals surface area contributed by atoms with Crippen molar-refractivity contribution >= 4 is 29.6 Å². The van der Waals surface area contributed by atoms with Gasteiger partial charge in [0.1, 0.15) is 12.4 Å². The molecule has 0 N–H and O–H groups in total. The van der Waals surface area contributed by atoms with Gasteiger partial charge in [0.2, 0.25) is 0 Å². The van der Waals surface area contributed by atoms with Gasteiger partial charge in [-0.25, -0.2) is 0 Å². The van der Waals surface area contributed by atoms with Crippen molar-refractivity contribution in [3.63, 3.8) is 0 Å². The Hall–Kier alpha value is -2.34. The molecule has 0 heterocycles. The van der Waals surface area contributed by atoms with Gasteiger partial charge >= 0.3 is 29.6 Å². The van der Waals surface area contributed by atoms with Gasteiger partial charge in [0.05, 0.1) is 5.97 Å². The standard InChI is InChI=1S/C21H21NO4.Na/c1-22(2)18-9-3-16(4-10-18)5-11-19(23)12-6-17-7-13-20(14-8-17)26-15-21(24)25;/h3-14H,15H2,1-2H3,(H,24,25);/q;+1/p-1. The van der Waals surface area contributed by atoms with E-state index in [-0.39, 0.29) is 35.3 Å². The average Bonchev–Trinajstić information content (AvgIpc) is 2.64. The number of ether oxygens (including phenoxy) is 1. The second-order valence-corrected chi connectivity index (χ2v) is 5.78. The monoisotopic (exact) mass is 373 g/mol. The topological polar surface area (TPSA) is 69.7 Å². The van der Waals surface area contributed by atoms with Crippen molar-refractivity contribution in [1.29, 1.82) is 0 Å². The number of nitrogens with zero attached hydrogens (tertiary/aromatic N) is 1. The maximum Gasteiger partial charge on any atom is 1.00 e. The van der Waals surface area contributed by atoms with E-state index in [2.05, 4.69) is 0 Å². The maximum atomic E-state index is 11.9. The van der Waals surface area contributed by atoms with Crippen molar-refractivity contribution in [2.24, 2.45) is 0 Å². The van der Waals surface area contributed by atoms with E-state index in [1.807, 2.05) is 43.3 Å². The summed E-state index contributed by atoms with van der Waals surface area (Å²) in [5, 5.41) is 10.3. The van der Waals surface area contributed by atoms with Gasteiger partial charge in [-0.1, -0.05) is 36.4 Å². The average molecular weight is 373 g/mol. The first-order valence-electron chi connectivity index (χ1n) is 8.04. The van der Waals surface area contributed by atoms with Crippen molar-refractivity contribution in [2.45, 2.75) is 0 Å². The number of rotatable bonds is 8. The molecule has 0 radical (unpaired) electrons. The van der Waals surface area contributed by atoms with Crippen LogP contribution in [0.2, 0.25) is 0 Å². The summed E-state index contributed by atoms with van der Waals surface area (Å²) < 4.78 is 4.99. The third kappa shape index (κ3) is 8.26. The predicted molar refractivity (Wildman–Crippen MR) is 101 cm³/mol. The molecule has 2 aromatic rings. The molecule has 0 aromatic heterocycles. The zero-order chi connectivity index (χ0) is 18.9. The van der Waals surface area contributed by atoms with Crippen molar-refractivity contribution in [3.8, 4) is 5.75 Å². The van der Waals surface area contributed by atoms with E-state index in [0.29, 0.717) is 5.75 Å². The number of carbonyl (C=O) groups excluding carboxylic acids is 2. The molecule has 134 valence electrons. The number of hydrogen-bond donors (Lipinski definition) is 0. The summed E-state index contributed by atoms with van der Waals surface area (Å²) in [5.41, 5.74) is 2.86. The quantitative estimate of drug-likeness (QED) is 0.447. The SMILES string of the molecule is CN(C)c1ccc(C=CC(=O)C=Cc2ccc(OCC(=O)[O-])cc2)cc1.[Na+]. The van der Waals surface area contributed by atoms with E-state index >= 15 is 0 Å². The van der Waals surface area contributed by atoms with Gasteiger partial charge in [0.25, 0.3) is 0 Å². The van der Waals surface area contributed by atoms with Crippen LogP contribution in [-0.4, -0.2) is 32.5 Å². The van der Waals surface area contributed by atoms with E-state index < -0.39 is 12.6 Å². The predicted octanol–water partition coefficient (Wildman–Crippen LogP) is -0.819. The summed E-state index contributed by atoms with van der Waals surface area (Å²) in [7, 11) is 3.95. The van der Waals surface area contributed by atoms with Crippen LogP contribution < -0.4 is 44.3 Å². The molecule has 0 unspecified atom stereocenters. The summed E-state index contributed by atoms with van der Waals surface area (Å²) in [6.45, 7) is -0.492. The summed E-state index contributed by atoms with van der Waals surface area (Å²) in [6.07, 6.45) is 6.44. The first-order valence-corrected chi connectivity index (χ1v) is 8.04.